The second-order valence-electron chi connectivity index (χ2n) is 6.23. The van der Waals surface area contributed by atoms with Gasteiger partial charge in [-0.25, -0.2) is 4.79 Å². The lowest BCUT2D eigenvalue weighted by Gasteiger charge is -2.35. The minimum atomic E-state index is -0.886. The van der Waals surface area contributed by atoms with E-state index < -0.39 is 5.54 Å². The molecule has 1 saturated carbocycles. The van der Waals surface area contributed by atoms with Gasteiger partial charge in [-0.05, 0) is 49.2 Å². The molecule has 0 unspecified atom stereocenters. The molecule has 0 spiro atoms. The Bertz CT molecular complexity index is 699. The van der Waals surface area contributed by atoms with Gasteiger partial charge in [-0.15, -0.1) is 0 Å². The summed E-state index contributed by atoms with van der Waals surface area (Å²) in [6.45, 7) is 0. The van der Waals surface area contributed by atoms with Crippen LogP contribution in [0.1, 0.15) is 42.5 Å². The van der Waals surface area contributed by atoms with Gasteiger partial charge in [0, 0.05) is 23.6 Å². The Morgan fingerprint density at radius 3 is 2.25 bits per heavy atom. The topological polar surface area (TPSA) is 60.3 Å². The number of hydrogen-bond acceptors (Lipinski definition) is 3. The maximum atomic E-state index is 12.6. The highest BCUT2D eigenvalue weighted by atomic mass is 16.5. The molecule has 1 aromatic heterocycles. The quantitative estimate of drug-likeness (QED) is 0.878. The van der Waals surface area contributed by atoms with Gasteiger partial charge in [0.1, 0.15) is 5.54 Å². The van der Waals surface area contributed by atoms with E-state index in [-0.39, 0.29) is 11.9 Å². The summed E-state index contributed by atoms with van der Waals surface area (Å²) in [6, 6.07) is 11.2. The van der Waals surface area contributed by atoms with Gasteiger partial charge >= 0.3 is 5.97 Å². The molecule has 126 valence electrons. The fourth-order valence-corrected chi connectivity index (χ4v) is 3.31. The largest absolute Gasteiger partial charge is 0.467 e. The van der Waals surface area contributed by atoms with Crippen LogP contribution in [-0.2, 0) is 9.53 Å². The van der Waals surface area contributed by atoms with Crippen LogP contribution in [0, 0.1) is 0 Å². The smallest absolute Gasteiger partial charge is 0.331 e. The molecule has 0 saturated heterocycles. The second kappa shape index (κ2) is 6.91. The Balaban J connectivity index is 1.76. The standard InChI is InChI=1S/C19H22N2O3/c1-24-18(23)19(11-3-2-4-12-19)20-17(22)15-7-9-16(10-8-15)21-13-5-6-14-21/h5-10,13-14H,2-4,11-12H2,1H3,(H,20,22). The third kappa shape index (κ3) is 3.20. The third-order valence-corrected chi connectivity index (χ3v) is 4.67. The lowest BCUT2D eigenvalue weighted by Crippen LogP contribution is -2.56. The molecule has 5 heteroatoms. The SMILES string of the molecule is COC(=O)C1(NC(=O)c2ccc(-n3cccc3)cc2)CCCCC1. The number of aromatic nitrogens is 1. The van der Waals surface area contributed by atoms with Crippen LogP contribution in [-0.4, -0.2) is 29.1 Å². The molecule has 1 fully saturated rings. The first-order valence-electron chi connectivity index (χ1n) is 8.29. The first-order valence-corrected chi connectivity index (χ1v) is 8.29. The van der Waals surface area contributed by atoms with E-state index in [4.69, 9.17) is 4.74 Å². The zero-order valence-electron chi connectivity index (χ0n) is 13.8. The number of nitrogens with zero attached hydrogens (tertiary/aromatic N) is 1. The molecule has 1 N–H and O–H groups in total. The van der Waals surface area contributed by atoms with Crippen molar-refractivity contribution < 1.29 is 14.3 Å². The van der Waals surface area contributed by atoms with Crippen LogP contribution in [0.25, 0.3) is 5.69 Å². The number of carbonyl (C=O) groups is 2. The van der Waals surface area contributed by atoms with Gasteiger partial charge < -0.3 is 14.6 Å². The summed E-state index contributed by atoms with van der Waals surface area (Å²) in [5.74, 6) is -0.583. The van der Waals surface area contributed by atoms with Crippen molar-refractivity contribution in [3.8, 4) is 5.69 Å². The highest BCUT2D eigenvalue weighted by Crippen LogP contribution is 2.29. The van der Waals surface area contributed by atoms with Gasteiger partial charge in [0.15, 0.2) is 0 Å². The van der Waals surface area contributed by atoms with Gasteiger partial charge in [0.05, 0.1) is 7.11 Å². The normalized spacial score (nSPS) is 16.4. The number of esters is 1. The molecule has 2 aromatic rings. The number of carbonyl (C=O) groups excluding carboxylic acids is 2. The first-order chi connectivity index (χ1) is 11.6. The monoisotopic (exact) mass is 326 g/mol. The Morgan fingerprint density at radius 1 is 1.04 bits per heavy atom. The van der Waals surface area contributed by atoms with Crippen molar-refractivity contribution in [1.82, 2.24) is 9.88 Å². The minimum Gasteiger partial charge on any atom is -0.467 e. The van der Waals surface area contributed by atoms with Crippen molar-refractivity contribution in [2.75, 3.05) is 7.11 Å². The fourth-order valence-electron chi connectivity index (χ4n) is 3.31. The van der Waals surface area contributed by atoms with Crippen LogP contribution < -0.4 is 5.32 Å². The third-order valence-electron chi connectivity index (χ3n) is 4.67. The van der Waals surface area contributed by atoms with E-state index in [9.17, 15) is 9.59 Å². The summed E-state index contributed by atoms with van der Waals surface area (Å²) >= 11 is 0. The molecule has 1 heterocycles. The van der Waals surface area contributed by atoms with Crippen LogP contribution in [0.4, 0.5) is 0 Å². The number of ether oxygens (including phenoxy) is 1. The van der Waals surface area contributed by atoms with E-state index in [2.05, 4.69) is 5.32 Å². The maximum Gasteiger partial charge on any atom is 0.331 e. The van der Waals surface area contributed by atoms with E-state index in [1.807, 2.05) is 41.2 Å². The van der Waals surface area contributed by atoms with Crippen LogP contribution in [0.2, 0.25) is 0 Å². The summed E-state index contributed by atoms with van der Waals surface area (Å²) in [6.07, 6.45) is 8.08. The summed E-state index contributed by atoms with van der Waals surface area (Å²) in [5, 5.41) is 2.93. The molecule has 1 amide bonds. The molecule has 1 aliphatic carbocycles. The summed E-state index contributed by atoms with van der Waals surface area (Å²) in [7, 11) is 1.37. The summed E-state index contributed by atoms with van der Waals surface area (Å²) in [4.78, 5) is 24.8. The molecular weight excluding hydrogens is 304 g/mol. The molecule has 24 heavy (non-hydrogen) atoms. The molecule has 3 rings (SSSR count). The second-order valence-corrected chi connectivity index (χ2v) is 6.23. The van der Waals surface area contributed by atoms with Gasteiger partial charge in [-0.1, -0.05) is 19.3 Å². The Kier molecular flexibility index (Phi) is 4.69. The average molecular weight is 326 g/mol. The number of methoxy groups -OCH3 is 1. The maximum absolute atomic E-state index is 12.6. The van der Waals surface area contributed by atoms with Crippen molar-refractivity contribution in [3.05, 3.63) is 54.4 Å². The van der Waals surface area contributed by atoms with Gasteiger partial charge in [-0.2, -0.15) is 0 Å². The van der Waals surface area contributed by atoms with Crippen molar-refractivity contribution in [2.24, 2.45) is 0 Å². The minimum absolute atomic E-state index is 0.235. The van der Waals surface area contributed by atoms with Gasteiger partial charge in [0.2, 0.25) is 0 Å². The highest BCUT2D eigenvalue weighted by molar-refractivity contribution is 5.98. The number of hydrogen-bond donors (Lipinski definition) is 1. The van der Waals surface area contributed by atoms with E-state index in [0.29, 0.717) is 18.4 Å². The molecule has 0 atom stereocenters. The van der Waals surface area contributed by atoms with Crippen LogP contribution >= 0.6 is 0 Å². The Hall–Kier alpha value is -2.56. The zero-order valence-corrected chi connectivity index (χ0v) is 13.8. The first kappa shape index (κ1) is 16.3. The highest BCUT2D eigenvalue weighted by Gasteiger charge is 2.42. The summed E-state index contributed by atoms with van der Waals surface area (Å²) < 4.78 is 6.91. The fraction of sp³-hybridized carbons (Fsp3) is 0.368. The lowest BCUT2D eigenvalue weighted by molar-refractivity contribution is -0.149. The molecule has 1 aliphatic rings. The predicted octanol–water partition coefficient (Wildman–Crippen LogP) is 3.08. The lowest BCUT2D eigenvalue weighted by atomic mass is 9.81. The average Bonchev–Trinajstić information content (AvgIpc) is 3.16. The molecule has 0 radical (unpaired) electrons. The number of rotatable bonds is 4. The van der Waals surface area contributed by atoms with E-state index in [0.717, 1.165) is 24.9 Å². The van der Waals surface area contributed by atoms with Gasteiger partial charge in [0.25, 0.3) is 5.91 Å². The van der Waals surface area contributed by atoms with Crippen LogP contribution in [0.3, 0.4) is 0 Å². The summed E-state index contributed by atoms with van der Waals surface area (Å²) in [5.41, 5.74) is 0.639. The molecule has 1 aromatic carbocycles. The molecule has 0 bridgehead atoms. The van der Waals surface area contributed by atoms with Crippen molar-refractivity contribution in [1.29, 1.82) is 0 Å². The van der Waals surface area contributed by atoms with E-state index in [1.165, 1.54) is 7.11 Å². The van der Waals surface area contributed by atoms with E-state index in [1.54, 1.807) is 12.1 Å². The number of benzene rings is 1. The number of nitrogens with one attached hydrogen (secondary N) is 1. The van der Waals surface area contributed by atoms with Crippen molar-refractivity contribution in [3.63, 3.8) is 0 Å². The molecular formula is C19H22N2O3. The van der Waals surface area contributed by atoms with Gasteiger partial charge in [-0.3, -0.25) is 4.79 Å². The van der Waals surface area contributed by atoms with Crippen LogP contribution in [0.15, 0.2) is 48.8 Å². The Labute approximate surface area is 141 Å². The zero-order chi connectivity index (χ0) is 17.0. The molecule has 5 nitrogen and oxygen atoms in total. The molecule has 0 aliphatic heterocycles. The van der Waals surface area contributed by atoms with Crippen LogP contribution in [0.5, 0.6) is 0 Å². The predicted molar refractivity (Wildman–Crippen MR) is 91.1 cm³/mol. The Morgan fingerprint density at radius 2 is 1.67 bits per heavy atom. The number of amides is 1. The van der Waals surface area contributed by atoms with E-state index >= 15 is 0 Å². The van der Waals surface area contributed by atoms with Crippen molar-refractivity contribution >= 4 is 11.9 Å². The van der Waals surface area contributed by atoms with Crippen molar-refractivity contribution in [2.45, 2.75) is 37.6 Å².